The predicted octanol–water partition coefficient (Wildman–Crippen LogP) is 2.01. The topological polar surface area (TPSA) is 38.3 Å². The SMILES string of the molecule is COC(=O)CC(C)NCc1ccc(F)cc1F. The molecule has 0 saturated carbocycles. The van der Waals surface area contributed by atoms with Crippen LogP contribution >= 0.6 is 0 Å². The van der Waals surface area contributed by atoms with E-state index in [-0.39, 0.29) is 25.0 Å². The zero-order chi connectivity index (χ0) is 12.8. The first-order valence-corrected chi connectivity index (χ1v) is 5.27. The lowest BCUT2D eigenvalue weighted by Gasteiger charge is -2.12. The van der Waals surface area contributed by atoms with Gasteiger partial charge in [0, 0.05) is 24.2 Å². The van der Waals surface area contributed by atoms with Crippen molar-refractivity contribution in [2.45, 2.75) is 25.9 Å². The molecule has 94 valence electrons. The summed E-state index contributed by atoms with van der Waals surface area (Å²) in [5, 5.41) is 2.96. The summed E-state index contributed by atoms with van der Waals surface area (Å²) in [6.45, 7) is 2.03. The average molecular weight is 243 g/mol. The van der Waals surface area contributed by atoms with E-state index in [1.165, 1.54) is 19.2 Å². The molecule has 0 aliphatic rings. The molecule has 17 heavy (non-hydrogen) atoms. The standard InChI is InChI=1S/C12H15F2NO2/c1-8(5-12(16)17-2)15-7-9-3-4-10(13)6-11(9)14/h3-4,6,8,15H,5,7H2,1-2H3. The summed E-state index contributed by atoms with van der Waals surface area (Å²) in [5.41, 5.74) is 0.364. The highest BCUT2D eigenvalue weighted by molar-refractivity contribution is 5.69. The van der Waals surface area contributed by atoms with Crippen molar-refractivity contribution in [3.8, 4) is 0 Å². The van der Waals surface area contributed by atoms with Crippen molar-refractivity contribution in [2.24, 2.45) is 0 Å². The number of rotatable bonds is 5. The van der Waals surface area contributed by atoms with Gasteiger partial charge in [0.15, 0.2) is 0 Å². The zero-order valence-corrected chi connectivity index (χ0v) is 9.80. The molecule has 0 amide bonds. The van der Waals surface area contributed by atoms with Crippen LogP contribution in [0.2, 0.25) is 0 Å². The smallest absolute Gasteiger partial charge is 0.307 e. The normalized spacial score (nSPS) is 12.2. The molecule has 0 radical (unpaired) electrons. The van der Waals surface area contributed by atoms with E-state index in [0.717, 1.165) is 6.07 Å². The van der Waals surface area contributed by atoms with Gasteiger partial charge < -0.3 is 10.1 Å². The molecule has 0 aromatic heterocycles. The van der Waals surface area contributed by atoms with Crippen molar-refractivity contribution >= 4 is 5.97 Å². The summed E-state index contributed by atoms with van der Waals surface area (Å²) in [5.74, 6) is -1.53. The van der Waals surface area contributed by atoms with Gasteiger partial charge in [0.2, 0.25) is 0 Å². The van der Waals surface area contributed by atoms with E-state index in [1.54, 1.807) is 6.92 Å². The lowest BCUT2D eigenvalue weighted by molar-refractivity contribution is -0.141. The van der Waals surface area contributed by atoms with E-state index in [0.29, 0.717) is 5.56 Å². The molecule has 1 unspecified atom stereocenters. The summed E-state index contributed by atoms with van der Waals surface area (Å²) >= 11 is 0. The first-order chi connectivity index (χ1) is 8.02. The van der Waals surface area contributed by atoms with Crippen LogP contribution in [-0.2, 0) is 16.1 Å². The van der Waals surface area contributed by atoms with Crippen molar-refractivity contribution < 1.29 is 18.3 Å². The molecule has 0 fully saturated rings. The van der Waals surface area contributed by atoms with Gasteiger partial charge in [0.1, 0.15) is 11.6 Å². The molecular weight excluding hydrogens is 228 g/mol. The van der Waals surface area contributed by atoms with Gasteiger partial charge >= 0.3 is 5.97 Å². The Hall–Kier alpha value is -1.49. The first-order valence-electron chi connectivity index (χ1n) is 5.27. The summed E-state index contributed by atoms with van der Waals surface area (Å²) in [6.07, 6.45) is 0.208. The fourth-order valence-electron chi connectivity index (χ4n) is 1.35. The quantitative estimate of drug-likeness (QED) is 0.804. The van der Waals surface area contributed by atoms with Crippen LogP contribution < -0.4 is 5.32 Å². The third-order valence-corrected chi connectivity index (χ3v) is 2.36. The number of hydrogen-bond acceptors (Lipinski definition) is 3. The third kappa shape index (κ3) is 4.48. The molecule has 0 bridgehead atoms. The summed E-state index contributed by atoms with van der Waals surface area (Å²) in [7, 11) is 1.31. The van der Waals surface area contributed by atoms with Gasteiger partial charge in [-0.3, -0.25) is 4.79 Å². The third-order valence-electron chi connectivity index (χ3n) is 2.36. The number of carbonyl (C=O) groups excluding carboxylic acids is 1. The second-order valence-electron chi connectivity index (χ2n) is 3.80. The van der Waals surface area contributed by atoms with E-state index < -0.39 is 11.6 Å². The largest absolute Gasteiger partial charge is 0.469 e. The Morgan fingerprint density at radius 3 is 2.76 bits per heavy atom. The van der Waals surface area contributed by atoms with Crippen LogP contribution in [0.5, 0.6) is 0 Å². The lowest BCUT2D eigenvalue weighted by atomic mass is 10.2. The van der Waals surface area contributed by atoms with Crippen LogP contribution in [0.1, 0.15) is 18.9 Å². The Labute approximate surface area is 98.8 Å². The Morgan fingerprint density at radius 2 is 2.18 bits per heavy atom. The van der Waals surface area contributed by atoms with Crippen molar-refractivity contribution in [2.75, 3.05) is 7.11 Å². The van der Waals surface area contributed by atoms with Crippen LogP contribution in [0, 0.1) is 11.6 Å². The van der Waals surface area contributed by atoms with Gasteiger partial charge in [0.05, 0.1) is 13.5 Å². The Balaban J connectivity index is 2.47. The second kappa shape index (κ2) is 6.30. The molecule has 0 aliphatic carbocycles. The highest BCUT2D eigenvalue weighted by Gasteiger charge is 2.10. The molecule has 3 nitrogen and oxygen atoms in total. The van der Waals surface area contributed by atoms with Crippen LogP contribution in [0.4, 0.5) is 8.78 Å². The fourth-order valence-corrected chi connectivity index (χ4v) is 1.35. The maximum Gasteiger partial charge on any atom is 0.307 e. The number of ether oxygens (including phenoxy) is 1. The molecule has 1 aromatic carbocycles. The maximum atomic E-state index is 13.3. The van der Waals surface area contributed by atoms with Crippen molar-refractivity contribution in [1.29, 1.82) is 0 Å². The van der Waals surface area contributed by atoms with E-state index in [4.69, 9.17) is 0 Å². The molecule has 0 heterocycles. The molecule has 0 aliphatic heterocycles. The molecule has 1 N–H and O–H groups in total. The molecule has 5 heteroatoms. The Morgan fingerprint density at radius 1 is 1.47 bits per heavy atom. The highest BCUT2D eigenvalue weighted by Crippen LogP contribution is 2.09. The van der Waals surface area contributed by atoms with Gasteiger partial charge in [0.25, 0.3) is 0 Å². The average Bonchev–Trinajstić information content (AvgIpc) is 2.27. The summed E-state index contributed by atoms with van der Waals surface area (Å²) in [6, 6.07) is 3.28. The maximum absolute atomic E-state index is 13.3. The van der Waals surface area contributed by atoms with E-state index in [2.05, 4.69) is 10.1 Å². The van der Waals surface area contributed by atoms with Crippen LogP contribution in [0.25, 0.3) is 0 Å². The minimum Gasteiger partial charge on any atom is -0.469 e. The predicted molar refractivity (Wildman–Crippen MR) is 59.3 cm³/mol. The molecule has 0 spiro atoms. The van der Waals surface area contributed by atoms with Gasteiger partial charge in [-0.1, -0.05) is 6.07 Å². The molecular formula is C12H15F2NO2. The minimum absolute atomic E-state index is 0.132. The van der Waals surface area contributed by atoms with E-state index >= 15 is 0 Å². The van der Waals surface area contributed by atoms with E-state index in [1.807, 2.05) is 0 Å². The number of carbonyl (C=O) groups is 1. The Bertz CT molecular complexity index is 396. The summed E-state index contributed by atoms with van der Waals surface area (Å²) < 4.78 is 30.4. The first kappa shape index (κ1) is 13.6. The lowest BCUT2D eigenvalue weighted by Crippen LogP contribution is -2.28. The van der Waals surface area contributed by atoms with Gasteiger partial charge in [-0.2, -0.15) is 0 Å². The van der Waals surface area contributed by atoms with Crippen LogP contribution in [-0.4, -0.2) is 19.1 Å². The van der Waals surface area contributed by atoms with Crippen LogP contribution in [0.3, 0.4) is 0 Å². The van der Waals surface area contributed by atoms with Crippen molar-refractivity contribution in [3.05, 3.63) is 35.4 Å². The Kier molecular flexibility index (Phi) is 5.03. The van der Waals surface area contributed by atoms with Gasteiger partial charge in [-0.15, -0.1) is 0 Å². The second-order valence-corrected chi connectivity index (χ2v) is 3.80. The number of methoxy groups -OCH3 is 1. The minimum atomic E-state index is -0.603. The number of esters is 1. The van der Waals surface area contributed by atoms with Crippen LogP contribution in [0.15, 0.2) is 18.2 Å². The van der Waals surface area contributed by atoms with Crippen molar-refractivity contribution in [3.63, 3.8) is 0 Å². The molecule has 1 aromatic rings. The fraction of sp³-hybridized carbons (Fsp3) is 0.417. The number of nitrogens with one attached hydrogen (secondary N) is 1. The number of benzene rings is 1. The molecule has 1 atom stereocenters. The zero-order valence-electron chi connectivity index (χ0n) is 9.80. The number of halogens is 2. The number of hydrogen-bond donors (Lipinski definition) is 1. The highest BCUT2D eigenvalue weighted by atomic mass is 19.1. The molecule has 0 saturated heterocycles. The van der Waals surface area contributed by atoms with E-state index in [9.17, 15) is 13.6 Å². The monoisotopic (exact) mass is 243 g/mol. The molecule has 1 rings (SSSR count). The summed E-state index contributed by atoms with van der Waals surface area (Å²) in [4.78, 5) is 11.0. The van der Waals surface area contributed by atoms with Gasteiger partial charge in [-0.05, 0) is 13.0 Å². The van der Waals surface area contributed by atoms with Crippen molar-refractivity contribution in [1.82, 2.24) is 5.32 Å². The van der Waals surface area contributed by atoms with Gasteiger partial charge in [-0.25, -0.2) is 8.78 Å².